The van der Waals surface area contributed by atoms with Crippen molar-refractivity contribution < 1.29 is 17.9 Å². The highest BCUT2D eigenvalue weighted by molar-refractivity contribution is 7.11. The molecule has 0 saturated heterocycles. The maximum absolute atomic E-state index is 12.9. The average Bonchev–Trinajstić information content (AvgIpc) is 2.69. The fourth-order valence-electron chi connectivity index (χ4n) is 1.45. The minimum Gasteiger partial charge on any atom is -0.374 e. The first-order valence-electron chi connectivity index (χ1n) is 6.52. The molecule has 20 heavy (non-hydrogen) atoms. The third-order valence-electron chi connectivity index (χ3n) is 2.36. The summed E-state index contributed by atoms with van der Waals surface area (Å²) in [4.78, 5) is 3.89. The lowest BCUT2D eigenvalue weighted by Crippen LogP contribution is -2.35. The van der Waals surface area contributed by atoms with Crippen LogP contribution in [-0.4, -0.2) is 17.1 Å². The lowest BCUT2D eigenvalue weighted by atomic mass is 10.1. The Morgan fingerprint density at radius 1 is 1.25 bits per heavy atom. The van der Waals surface area contributed by atoms with Crippen molar-refractivity contribution in [1.82, 2.24) is 10.3 Å². The molecule has 0 bridgehead atoms. The largest absolute Gasteiger partial charge is 0.434 e. The number of thiazole rings is 1. The topological polar surface area (TPSA) is 34.1 Å². The van der Waals surface area contributed by atoms with E-state index in [1.54, 1.807) is 0 Å². The number of nitrogens with one attached hydrogen (secondary N) is 1. The Hall–Kier alpha value is -0.660. The van der Waals surface area contributed by atoms with Crippen LogP contribution in [0, 0.1) is 0 Å². The fraction of sp³-hybridized carbons (Fsp3) is 0.769. The third-order valence-corrected chi connectivity index (χ3v) is 3.39. The molecule has 1 aromatic rings. The number of alkyl halides is 3. The molecule has 0 aliphatic rings. The fourth-order valence-corrected chi connectivity index (χ4v) is 2.42. The molecule has 0 saturated carbocycles. The molecule has 0 amide bonds. The molecule has 0 aromatic carbocycles. The van der Waals surface area contributed by atoms with E-state index in [9.17, 15) is 13.2 Å². The smallest absolute Gasteiger partial charge is 0.374 e. The van der Waals surface area contributed by atoms with Crippen LogP contribution < -0.4 is 5.32 Å². The highest BCUT2D eigenvalue weighted by Gasteiger charge is 2.37. The molecular weight excluding hydrogens is 289 g/mol. The van der Waals surface area contributed by atoms with Gasteiger partial charge in [0, 0.05) is 18.7 Å². The van der Waals surface area contributed by atoms with Gasteiger partial charge in [-0.1, -0.05) is 6.92 Å². The molecule has 0 aliphatic carbocycles. The first-order valence-corrected chi connectivity index (χ1v) is 7.33. The molecule has 1 rings (SSSR count). The maximum Gasteiger partial charge on any atom is 0.434 e. The second kappa shape index (κ2) is 6.87. The summed E-state index contributed by atoms with van der Waals surface area (Å²) in [5, 5.41) is 3.43. The Kier molecular flexibility index (Phi) is 5.97. The minimum atomic E-state index is -4.42. The maximum atomic E-state index is 12.9. The number of hydrogen-bond acceptors (Lipinski definition) is 4. The average molecular weight is 310 g/mol. The van der Waals surface area contributed by atoms with Gasteiger partial charge in [-0.05, 0) is 27.2 Å². The van der Waals surface area contributed by atoms with Gasteiger partial charge in [0.2, 0.25) is 0 Å². The van der Waals surface area contributed by atoms with Crippen molar-refractivity contribution in [2.45, 2.75) is 59.0 Å². The van der Waals surface area contributed by atoms with E-state index in [0.29, 0.717) is 11.6 Å². The summed E-state index contributed by atoms with van der Waals surface area (Å²) in [6.45, 7) is 8.49. The first-order chi connectivity index (χ1) is 9.13. The van der Waals surface area contributed by atoms with Crippen molar-refractivity contribution in [3.63, 3.8) is 0 Å². The Balaban J connectivity index is 2.84. The third kappa shape index (κ3) is 5.76. The van der Waals surface area contributed by atoms with E-state index in [1.807, 2.05) is 27.7 Å². The zero-order valence-corrected chi connectivity index (χ0v) is 13.0. The van der Waals surface area contributed by atoms with Crippen molar-refractivity contribution in [2.24, 2.45) is 0 Å². The van der Waals surface area contributed by atoms with Gasteiger partial charge in [0.1, 0.15) is 5.01 Å². The van der Waals surface area contributed by atoms with Crippen LogP contribution in [0.15, 0.2) is 0 Å². The highest BCUT2D eigenvalue weighted by Crippen LogP contribution is 2.34. The van der Waals surface area contributed by atoms with Crippen molar-refractivity contribution in [2.75, 3.05) is 6.61 Å². The Morgan fingerprint density at radius 2 is 1.90 bits per heavy atom. The van der Waals surface area contributed by atoms with Gasteiger partial charge >= 0.3 is 6.18 Å². The van der Waals surface area contributed by atoms with E-state index in [0.717, 1.165) is 17.8 Å². The lowest BCUT2D eigenvalue weighted by molar-refractivity contribution is -0.141. The van der Waals surface area contributed by atoms with Crippen LogP contribution >= 0.6 is 11.3 Å². The molecule has 1 aromatic heterocycles. The Bertz CT molecular complexity index is 424. The van der Waals surface area contributed by atoms with Gasteiger partial charge in [-0.15, -0.1) is 11.3 Å². The zero-order chi connectivity index (χ0) is 15.4. The summed E-state index contributed by atoms with van der Waals surface area (Å²) < 4.78 is 44.1. The zero-order valence-electron chi connectivity index (χ0n) is 12.2. The van der Waals surface area contributed by atoms with Gasteiger partial charge in [-0.2, -0.15) is 13.2 Å². The number of nitrogens with zero attached hydrogens (tertiary/aromatic N) is 1. The molecule has 0 unspecified atom stereocenters. The van der Waals surface area contributed by atoms with Crippen LogP contribution in [0.3, 0.4) is 0 Å². The van der Waals surface area contributed by atoms with E-state index >= 15 is 0 Å². The molecule has 0 fully saturated rings. The van der Waals surface area contributed by atoms with Crippen molar-refractivity contribution in [3.8, 4) is 0 Å². The lowest BCUT2D eigenvalue weighted by Gasteiger charge is -2.20. The number of ether oxygens (including phenoxy) is 1. The van der Waals surface area contributed by atoms with Gasteiger partial charge in [-0.3, -0.25) is 0 Å². The van der Waals surface area contributed by atoms with Gasteiger partial charge in [0.15, 0.2) is 5.69 Å². The van der Waals surface area contributed by atoms with Crippen molar-refractivity contribution in [3.05, 3.63) is 15.6 Å². The van der Waals surface area contributed by atoms with Crippen LogP contribution in [-0.2, 0) is 24.1 Å². The monoisotopic (exact) mass is 310 g/mol. The number of hydrogen-bond donors (Lipinski definition) is 1. The van der Waals surface area contributed by atoms with E-state index in [1.165, 1.54) is 0 Å². The summed E-state index contributed by atoms with van der Waals surface area (Å²) in [6, 6.07) is 0. The summed E-state index contributed by atoms with van der Waals surface area (Å²) in [5.74, 6) is 0. The molecule has 0 atom stereocenters. The highest BCUT2D eigenvalue weighted by atomic mass is 32.1. The number of aromatic nitrogens is 1. The van der Waals surface area contributed by atoms with Gasteiger partial charge in [0.05, 0.1) is 11.5 Å². The predicted octanol–water partition coefficient (Wildman–Crippen LogP) is 3.98. The molecule has 3 nitrogen and oxygen atoms in total. The summed E-state index contributed by atoms with van der Waals surface area (Å²) >= 11 is 1.06. The van der Waals surface area contributed by atoms with Crippen LogP contribution in [0.25, 0.3) is 0 Å². The van der Waals surface area contributed by atoms with Crippen LogP contribution in [0.2, 0.25) is 0 Å². The SMILES string of the molecule is CCCOCc1nc(C(F)(F)F)c(CNC(C)(C)C)s1. The van der Waals surface area contributed by atoms with Gasteiger partial charge < -0.3 is 10.1 Å². The predicted molar refractivity (Wildman–Crippen MR) is 73.7 cm³/mol. The molecular formula is C13H21F3N2OS. The summed E-state index contributed by atoms with van der Waals surface area (Å²) in [6.07, 6.45) is -3.59. The second-order valence-electron chi connectivity index (χ2n) is 5.53. The molecule has 0 aliphatic heterocycles. The van der Waals surface area contributed by atoms with Crippen LogP contribution in [0.5, 0.6) is 0 Å². The summed E-state index contributed by atoms with van der Waals surface area (Å²) in [7, 11) is 0. The molecule has 116 valence electrons. The molecule has 7 heteroatoms. The van der Waals surface area contributed by atoms with Crippen LogP contribution in [0.4, 0.5) is 13.2 Å². The van der Waals surface area contributed by atoms with Crippen molar-refractivity contribution in [1.29, 1.82) is 0 Å². The number of halogens is 3. The van der Waals surface area contributed by atoms with E-state index in [4.69, 9.17) is 4.74 Å². The molecule has 0 spiro atoms. The van der Waals surface area contributed by atoms with E-state index in [2.05, 4.69) is 10.3 Å². The Morgan fingerprint density at radius 3 is 2.40 bits per heavy atom. The molecule has 1 N–H and O–H groups in total. The minimum absolute atomic E-state index is 0.136. The van der Waals surface area contributed by atoms with E-state index in [-0.39, 0.29) is 23.6 Å². The van der Waals surface area contributed by atoms with Gasteiger partial charge in [0.25, 0.3) is 0 Å². The first kappa shape index (κ1) is 17.4. The number of rotatable bonds is 6. The quantitative estimate of drug-likeness (QED) is 0.807. The normalized spacial score (nSPS) is 12.9. The molecule has 1 heterocycles. The van der Waals surface area contributed by atoms with Crippen molar-refractivity contribution >= 4 is 11.3 Å². The van der Waals surface area contributed by atoms with E-state index < -0.39 is 11.9 Å². The Labute approximate surface area is 121 Å². The van der Waals surface area contributed by atoms with Crippen LogP contribution in [0.1, 0.15) is 49.7 Å². The van der Waals surface area contributed by atoms with Gasteiger partial charge in [-0.25, -0.2) is 4.98 Å². The standard InChI is InChI=1S/C13H21F3N2OS/c1-5-6-19-8-10-18-11(13(14,15)16)9(20-10)7-17-12(2,3)4/h17H,5-8H2,1-4H3. The molecule has 0 radical (unpaired) electrons. The second-order valence-corrected chi connectivity index (χ2v) is 6.70. The summed E-state index contributed by atoms with van der Waals surface area (Å²) in [5.41, 5.74) is -1.04.